The molecule has 0 radical (unpaired) electrons. The number of carbonyl (C=O) groups excluding carboxylic acids is 1. The summed E-state index contributed by atoms with van der Waals surface area (Å²) in [5.74, 6) is -0.861. The molecule has 0 unspecified atom stereocenters. The maximum atomic E-state index is 14.2. The predicted octanol–water partition coefficient (Wildman–Crippen LogP) is 3.80. The van der Waals surface area contributed by atoms with Gasteiger partial charge < -0.3 is 10.1 Å². The Hall–Kier alpha value is -2.66. The van der Waals surface area contributed by atoms with Gasteiger partial charge in [0.1, 0.15) is 5.82 Å². The highest BCUT2D eigenvalue weighted by molar-refractivity contribution is 6.31. The highest BCUT2D eigenvalue weighted by Gasteiger charge is 2.19. The van der Waals surface area contributed by atoms with Gasteiger partial charge in [-0.1, -0.05) is 23.7 Å². The van der Waals surface area contributed by atoms with Crippen LogP contribution in [-0.2, 0) is 9.53 Å². The number of halogens is 2. The van der Waals surface area contributed by atoms with Gasteiger partial charge in [-0.15, -0.1) is 0 Å². The van der Waals surface area contributed by atoms with Gasteiger partial charge in [0.05, 0.1) is 19.4 Å². The maximum absolute atomic E-state index is 14.2. The van der Waals surface area contributed by atoms with Crippen molar-refractivity contribution in [3.63, 3.8) is 0 Å². The first-order chi connectivity index (χ1) is 11.6. The van der Waals surface area contributed by atoms with E-state index < -0.39 is 5.97 Å². The minimum Gasteiger partial charge on any atom is -0.466 e. The molecule has 1 aliphatic heterocycles. The number of esters is 1. The lowest BCUT2D eigenvalue weighted by Crippen LogP contribution is -2.07. The molecular formula is C18H14ClFN2O2. The first-order valence-electron chi connectivity index (χ1n) is 7.23. The van der Waals surface area contributed by atoms with E-state index in [0.29, 0.717) is 33.2 Å². The van der Waals surface area contributed by atoms with E-state index in [0.717, 1.165) is 0 Å². The molecule has 0 atom stereocenters. The molecule has 2 aromatic rings. The molecule has 4 nitrogen and oxygen atoms in total. The first kappa shape index (κ1) is 16.2. The monoisotopic (exact) mass is 344 g/mol. The van der Waals surface area contributed by atoms with Gasteiger partial charge in [0.15, 0.2) is 0 Å². The van der Waals surface area contributed by atoms with Crippen molar-refractivity contribution in [1.82, 2.24) is 0 Å². The number of hydrogen-bond acceptors (Lipinski definition) is 4. The Morgan fingerprint density at radius 1 is 1.29 bits per heavy atom. The SMILES string of the molecule is COC(=O)/C=C1/CN=C(c2ccccc2F)c2cc(Cl)ccc2N1. The fraction of sp³-hybridized carbons (Fsp3) is 0.111. The summed E-state index contributed by atoms with van der Waals surface area (Å²) in [7, 11) is 1.30. The largest absolute Gasteiger partial charge is 0.466 e. The van der Waals surface area contributed by atoms with Crippen LogP contribution in [0, 0.1) is 5.82 Å². The van der Waals surface area contributed by atoms with Gasteiger partial charge in [-0.05, 0) is 30.3 Å². The van der Waals surface area contributed by atoms with E-state index >= 15 is 0 Å². The predicted molar refractivity (Wildman–Crippen MR) is 92.1 cm³/mol. The number of anilines is 1. The molecule has 1 N–H and O–H groups in total. The number of hydrogen-bond donors (Lipinski definition) is 1. The van der Waals surface area contributed by atoms with Crippen LogP contribution in [0.5, 0.6) is 0 Å². The van der Waals surface area contributed by atoms with Crippen molar-refractivity contribution in [1.29, 1.82) is 0 Å². The molecule has 0 saturated heterocycles. The zero-order chi connectivity index (χ0) is 17.1. The smallest absolute Gasteiger partial charge is 0.332 e. The minimum absolute atomic E-state index is 0.186. The maximum Gasteiger partial charge on any atom is 0.332 e. The van der Waals surface area contributed by atoms with E-state index in [4.69, 9.17) is 11.6 Å². The second-order valence-electron chi connectivity index (χ2n) is 5.15. The number of nitrogens with one attached hydrogen (secondary N) is 1. The highest BCUT2D eigenvalue weighted by Crippen LogP contribution is 2.28. The average Bonchev–Trinajstić information content (AvgIpc) is 2.74. The number of ether oxygens (including phenoxy) is 1. The van der Waals surface area contributed by atoms with Crippen molar-refractivity contribution in [2.75, 3.05) is 19.0 Å². The van der Waals surface area contributed by atoms with E-state index in [-0.39, 0.29) is 12.4 Å². The highest BCUT2D eigenvalue weighted by atomic mass is 35.5. The standard InChI is InChI=1S/C18H14ClFN2O2/c1-24-17(23)9-12-10-21-18(13-4-2-3-5-15(13)20)14-8-11(19)6-7-16(14)22-12/h2-9,22H,10H2,1H3/b12-9-. The lowest BCUT2D eigenvalue weighted by molar-refractivity contribution is -0.134. The van der Waals surface area contributed by atoms with Crippen molar-refractivity contribution >= 4 is 29.0 Å². The number of aliphatic imine (C=N–C) groups is 1. The fourth-order valence-electron chi connectivity index (χ4n) is 2.45. The van der Waals surface area contributed by atoms with Crippen LogP contribution in [0.25, 0.3) is 0 Å². The van der Waals surface area contributed by atoms with Gasteiger partial charge in [0.2, 0.25) is 0 Å². The summed E-state index contributed by atoms with van der Waals surface area (Å²) in [6, 6.07) is 11.6. The molecule has 3 rings (SSSR count). The van der Waals surface area contributed by atoms with Crippen molar-refractivity contribution in [3.05, 3.63) is 76.2 Å². The summed E-state index contributed by atoms with van der Waals surface area (Å²) < 4.78 is 18.9. The van der Waals surface area contributed by atoms with Crippen LogP contribution < -0.4 is 5.32 Å². The summed E-state index contributed by atoms with van der Waals surface area (Å²) in [5, 5.41) is 3.65. The summed E-state index contributed by atoms with van der Waals surface area (Å²) in [6.45, 7) is 0.186. The Morgan fingerprint density at radius 2 is 2.08 bits per heavy atom. The summed E-state index contributed by atoms with van der Waals surface area (Å²) in [5.41, 5.74) is 2.76. The van der Waals surface area contributed by atoms with E-state index in [1.54, 1.807) is 36.4 Å². The molecule has 0 aromatic heterocycles. The van der Waals surface area contributed by atoms with Gasteiger partial charge in [0.25, 0.3) is 0 Å². The lowest BCUT2D eigenvalue weighted by atomic mass is 10.00. The summed E-state index contributed by atoms with van der Waals surface area (Å²) in [4.78, 5) is 16.0. The molecular weight excluding hydrogens is 331 g/mol. The van der Waals surface area contributed by atoms with Crippen LogP contribution in [0.1, 0.15) is 11.1 Å². The number of benzene rings is 2. The molecule has 0 fully saturated rings. The Morgan fingerprint density at radius 3 is 2.83 bits per heavy atom. The van der Waals surface area contributed by atoms with Crippen LogP contribution in [0.3, 0.4) is 0 Å². The summed E-state index contributed by atoms with van der Waals surface area (Å²) >= 11 is 6.10. The number of fused-ring (bicyclic) bond motifs is 1. The number of methoxy groups -OCH3 is 1. The average molecular weight is 345 g/mol. The minimum atomic E-state index is -0.488. The molecule has 1 heterocycles. The molecule has 0 spiro atoms. The second kappa shape index (κ2) is 6.84. The molecule has 122 valence electrons. The molecule has 0 aliphatic carbocycles. The van der Waals surface area contributed by atoms with Crippen LogP contribution in [0.2, 0.25) is 5.02 Å². The van der Waals surface area contributed by atoms with Crippen molar-refractivity contribution in [2.45, 2.75) is 0 Å². The van der Waals surface area contributed by atoms with Crippen LogP contribution in [-0.4, -0.2) is 25.3 Å². The third kappa shape index (κ3) is 3.31. The van der Waals surface area contributed by atoms with Crippen molar-refractivity contribution < 1.29 is 13.9 Å². The van der Waals surface area contributed by atoms with Gasteiger partial charge in [-0.25, -0.2) is 9.18 Å². The normalized spacial score (nSPS) is 15.1. The van der Waals surface area contributed by atoms with Crippen LogP contribution in [0.4, 0.5) is 10.1 Å². The summed E-state index contributed by atoms with van der Waals surface area (Å²) in [6.07, 6.45) is 1.33. The number of carbonyl (C=O) groups is 1. The fourth-order valence-corrected chi connectivity index (χ4v) is 2.62. The quantitative estimate of drug-likeness (QED) is 0.666. The Labute approximate surface area is 143 Å². The van der Waals surface area contributed by atoms with E-state index in [9.17, 15) is 9.18 Å². The zero-order valence-corrected chi connectivity index (χ0v) is 13.6. The number of benzodiazepines with no additional fused rings is 1. The van der Waals surface area contributed by atoms with Gasteiger partial charge in [-0.3, -0.25) is 4.99 Å². The number of rotatable bonds is 2. The van der Waals surface area contributed by atoms with Crippen LogP contribution in [0.15, 0.2) is 59.2 Å². The van der Waals surface area contributed by atoms with E-state index in [1.165, 1.54) is 19.3 Å². The molecule has 24 heavy (non-hydrogen) atoms. The third-order valence-corrected chi connectivity index (χ3v) is 3.80. The Balaban J connectivity index is 2.15. The van der Waals surface area contributed by atoms with Crippen LogP contribution >= 0.6 is 11.6 Å². The van der Waals surface area contributed by atoms with E-state index in [1.807, 2.05) is 0 Å². The molecule has 0 saturated carbocycles. The second-order valence-corrected chi connectivity index (χ2v) is 5.59. The lowest BCUT2D eigenvalue weighted by Gasteiger charge is -2.12. The topological polar surface area (TPSA) is 50.7 Å². The molecule has 1 aliphatic rings. The van der Waals surface area contributed by atoms with Gasteiger partial charge in [-0.2, -0.15) is 0 Å². The Kier molecular flexibility index (Phi) is 4.62. The zero-order valence-electron chi connectivity index (χ0n) is 12.8. The van der Waals surface area contributed by atoms with E-state index in [2.05, 4.69) is 15.0 Å². The molecule has 6 heteroatoms. The van der Waals surface area contributed by atoms with Gasteiger partial charge in [0, 0.05) is 33.6 Å². The number of nitrogens with zero attached hydrogens (tertiary/aromatic N) is 1. The molecule has 0 amide bonds. The van der Waals surface area contributed by atoms with Gasteiger partial charge >= 0.3 is 5.97 Å². The third-order valence-electron chi connectivity index (χ3n) is 3.56. The van der Waals surface area contributed by atoms with Crippen molar-refractivity contribution in [3.8, 4) is 0 Å². The molecule has 0 bridgehead atoms. The molecule has 2 aromatic carbocycles. The Bertz CT molecular complexity index is 862. The van der Waals surface area contributed by atoms with Crippen molar-refractivity contribution in [2.24, 2.45) is 4.99 Å². The first-order valence-corrected chi connectivity index (χ1v) is 7.61.